The molecule has 1 saturated heterocycles. The number of fused-ring (bicyclic) bond motifs is 1. The molecule has 0 aliphatic carbocycles. The number of unbranched alkanes of at least 4 members (excludes halogenated alkanes) is 16. The van der Waals surface area contributed by atoms with Crippen LogP contribution < -0.4 is 26.0 Å². The van der Waals surface area contributed by atoms with Crippen LogP contribution in [0.15, 0.2) is 24.4 Å². The van der Waals surface area contributed by atoms with Gasteiger partial charge in [-0.15, -0.1) is 0 Å². The van der Waals surface area contributed by atoms with E-state index in [1.54, 1.807) is 7.11 Å². The van der Waals surface area contributed by atoms with E-state index >= 15 is 0 Å². The van der Waals surface area contributed by atoms with Crippen LogP contribution in [0.25, 0.3) is 11.0 Å². The Balaban J connectivity index is 1.07. The SMILES string of the molecule is CCCCCCCCCCCCCCCCCC(=O)NCCCCC(=O)N1CCCN(c2ccc(Cn3cc4nc(N)nc(NCCCC)c4n3)c(OC)c2)CC1. The molecule has 0 radical (unpaired) electrons. The number of nitrogens with zero attached hydrogens (tertiary/aromatic N) is 6. The van der Waals surface area contributed by atoms with Crippen LogP contribution in [0.4, 0.5) is 17.5 Å². The van der Waals surface area contributed by atoms with Gasteiger partial charge in [-0.05, 0) is 38.2 Å². The van der Waals surface area contributed by atoms with E-state index in [1.807, 2.05) is 15.8 Å². The molecule has 2 amide bonds. The minimum atomic E-state index is 0.146. The van der Waals surface area contributed by atoms with Gasteiger partial charge in [-0.3, -0.25) is 14.3 Å². The number of nitrogens with one attached hydrogen (secondary N) is 2. The molecule has 4 rings (SSSR count). The van der Waals surface area contributed by atoms with Gasteiger partial charge in [0, 0.05) is 69.4 Å². The first-order valence-corrected chi connectivity index (χ1v) is 22.6. The van der Waals surface area contributed by atoms with Crippen LogP contribution in [0, 0.1) is 0 Å². The summed E-state index contributed by atoms with van der Waals surface area (Å²) >= 11 is 0. The zero-order valence-corrected chi connectivity index (χ0v) is 35.8. The van der Waals surface area contributed by atoms with Crippen LogP contribution in [0.2, 0.25) is 0 Å². The molecule has 12 nitrogen and oxygen atoms in total. The van der Waals surface area contributed by atoms with Crippen LogP contribution in [0.5, 0.6) is 5.75 Å². The fraction of sp³-hybridized carbons (Fsp3) is 0.711. The molecule has 12 heteroatoms. The number of anilines is 3. The molecule has 0 bridgehead atoms. The van der Waals surface area contributed by atoms with Gasteiger partial charge in [0.05, 0.1) is 19.9 Å². The number of carbonyl (C=O) groups excluding carboxylic acids is 2. The molecule has 0 unspecified atom stereocenters. The first-order valence-electron chi connectivity index (χ1n) is 22.6. The van der Waals surface area contributed by atoms with Gasteiger partial charge < -0.3 is 30.9 Å². The molecule has 3 heterocycles. The Morgan fingerprint density at radius 1 is 0.754 bits per heavy atom. The number of aromatic nitrogens is 4. The third kappa shape index (κ3) is 16.7. The fourth-order valence-electron chi connectivity index (χ4n) is 7.76. The van der Waals surface area contributed by atoms with Gasteiger partial charge in [0.2, 0.25) is 17.8 Å². The number of hydrogen-bond acceptors (Lipinski definition) is 9. The van der Waals surface area contributed by atoms with Gasteiger partial charge in [-0.2, -0.15) is 10.1 Å². The average Bonchev–Trinajstić information content (AvgIpc) is 3.44. The minimum absolute atomic E-state index is 0.146. The topological polar surface area (TPSA) is 144 Å². The quantitative estimate of drug-likeness (QED) is 0.0587. The zero-order valence-electron chi connectivity index (χ0n) is 35.8. The number of methoxy groups -OCH3 is 1. The maximum absolute atomic E-state index is 13.1. The van der Waals surface area contributed by atoms with Gasteiger partial charge in [-0.1, -0.05) is 116 Å². The lowest BCUT2D eigenvalue weighted by atomic mass is 10.0. The predicted molar refractivity (Wildman–Crippen MR) is 235 cm³/mol. The molecular weight excluding hydrogens is 715 g/mol. The zero-order chi connectivity index (χ0) is 40.5. The summed E-state index contributed by atoms with van der Waals surface area (Å²) in [5.41, 5.74) is 9.47. The van der Waals surface area contributed by atoms with E-state index in [4.69, 9.17) is 15.6 Å². The van der Waals surface area contributed by atoms with Crippen LogP contribution in [-0.2, 0) is 16.1 Å². The number of carbonyl (C=O) groups is 2. The average molecular weight is 790 g/mol. The van der Waals surface area contributed by atoms with E-state index in [-0.39, 0.29) is 17.8 Å². The largest absolute Gasteiger partial charge is 0.496 e. The molecule has 0 saturated carbocycles. The van der Waals surface area contributed by atoms with Crippen molar-refractivity contribution in [2.75, 3.05) is 62.3 Å². The lowest BCUT2D eigenvalue weighted by molar-refractivity contribution is -0.131. The molecule has 1 aromatic carbocycles. The molecule has 1 fully saturated rings. The van der Waals surface area contributed by atoms with Crippen LogP contribution in [0.3, 0.4) is 0 Å². The van der Waals surface area contributed by atoms with E-state index in [1.165, 1.54) is 83.5 Å². The van der Waals surface area contributed by atoms with E-state index < -0.39 is 0 Å². The first-order chi connectivity index (χ1) is 27.9. The number of rotatable bonds is 29. The van der Waals surface area contributed by atoms with E-state index in [0.29, 0.717) is 49.3 Å². The monoisotopic (exact) mass is 790 g/mol. The molecule has 0 atom stereocenters. The second-order valence-corrected chi connectivity index (χ2v) is 16.0. The lowest BCUT2D eigenvalue weighted by Gasteiger charge is -2.25. The van der Waals surface area contributed by atoms with E-state index in [0.717, 1.165) is 88.1 Å². The summed E-state index contributed by atoms with van der Waals surface area (Å²) < 4.78 is 7.70. The summed E-state index contributed by atoms with van der Waals surface area (Å²) in [6.07, 6.45) is 27.6. The highest BCUT2D eigenvalue weighted by Gasteiger charge is 2.20. The fourth-order valence-corrected chi connectivity index (χ4v) is 7.76. The Bertz CT molecular complexity index is 1600. The van der Waals surface area contributed by atoms with Crippen LogP contribution in [0.1, 0.15) is 161 Å². The molecule has 0 spiro atoms. The summed E-state index contributed by atoms with van der Waals surface area (Å²) in [5, 5.41) is 11.2. The van der Waals surface area contributed by atoms with Crippen molar-refractivity contribution in [3.8, 4) is 5.75 Å². The van der Waals surface area contributed by atoms with Crippen LogP contribution >= 0.6 is 0 Å². The normalized spacial score (nSPS) is 13.2. The summed E-state index contributed by atoms with van der Waals surface area (Å²) in [4.78, 5) is 38.6. The lowest BCUT2D eigenvalue weighted by Crippen LogP contribution is -2.35. The van der Waals surface area contributed by atoms with Crippen molar-refractivity contribution in [2.24, 2.45) is 0 Å². The maximum Gasteiger partial charge on any atom is 0.222 e. The second kappa shape index (κ2) is 26.8. The summed E-state index contributed by atoms with van der Waals surface area (Å²) in [5.74, 6) is 2.02. The molecule has 2 aromatic heterocycles. The molecule has 57 heavy (non-hydrogen) atoms. The predicted octanol–water partition coefficient (Wildman–Crippen LogP) is 9.26. The number of hydrogen-bond donors (Lipinski definition) is 3. The van der Waals surface area contributed by atoms with Crippen molar-refractivity contribution < 1.29 is 14.3 Å². The van der Waals surface area contributed by atoms with Gasteiger partial charge >= 0.3 is 0 Å². The van der Waals surface area contributed by atoms with Crippen molar-refractivity contribution in [3.63, 3.8) is 0 Å². The molecule has 318 valence electrons. The third-order valence-corrected chi connectivity index (χ3v) is 11.2. The number of benzene rings is 1. The highest BCUT2D eigenvalue weighted by molar-refractivity contribution is 5.85. The van der Waals surface area contributed by atoms with Crippen molar-refractivity contribution in [1.82, 2.24) is 30.0 Å². The Labute approximate surface area is 343 Å². The van der Waals surface area contributed by atoms with Gasteiger partial charge in [0.15, 0.2) is 11.3 Å². The van der Waals surface area contributed by atoms with Gasteiger partial charge in [0.25, 0.3) is 0 Å². The molecule has 1 aliphatic heterocycles. The Kier molecular flexibility index (Phi) is 21.4. The Morgan fingerprint density at radius 3 is 2.11 bits per heavy atom. The Hall–Kier alpha value is -4.09. The van der Waals surface area contributed by atoms with Gasteiger partial charge in [0.1, 0.15) is 11.3 Å². The number of ether oxygens (including phenoxy) is 1. The standard InChI is InChI=1S/C45H75N9O3/c1-4-6-8-9-10-11-12-13-14-15-16-17-18-19-20-24-41(55)47-29-22-21-25-42(56)53-31-23-30-52(32-33-53)38-27-26-37(40(34-38)57-3)35-54-36-39-43(51-54)44(48-28-7-5-2)50-45(46)49-39/h26-27,34,36H,4-25,28-33,35H2,1-3H3,(H,47,55)(H3,46,48,49,50). The first kappa shape index (κ1) is 45.6. The Morgan fingerprint density at radius 2 is 1.42 bits per heavy atom. The number of nitrogen functional groups attached to an aromatic ring is 1. The van der Waals surface area contributed by atoms with Crippen molar-refractivity contribution in [2.45, 2.75) is 162 Å². The second-order valence-electron chi connectivity index (χ2n) is 16.0. The molecular formula is C45H75N9O3. The smallest absolute Gasteiger partial charge is 0.222 e. The molecule has 1 aliphatic rings. The highest BCUT2D eigenvalue weighted by Crippen LogP contribution is 2.28. The molecule has 3 aromatic rings. The van der Waals surface area contributed by atoms with Crippen LogP contribution in [-0.4, -0.2) is 82.8 Å². The minimum Gasteiger partial charge on any atom is -0.496 e. The summed E-state index contributed by atoms with van der Waals surface area (Å²) in [6.45, 7) is 9.48. The van der Waals surface area contributed by atoms with Crippen molar-refractivity contribution in [3.05, 3.63) is 30.0 Å². The van der Waals surface area contributed by atoms with E-state index in [2.05, 4.69) is 57.5 Å². The highest BCUT2D eigenvalue weighted by atomic mass is 16.5. The summed E-state index contributed by atoms with van der Waals surface area (Å²) in [6, 6.07) is 6.30. The molecule has 4 N–H and O–H groups in total. The number of amides is 2. The summed E-state index contributed by atoms with van der Waals surface area (Å²) in [7, 11) is 1.69. The number of nitrogens with two attached hydrogens (primary N) is 1. The third-order valence-electron chi connectivity index (χ3n) is 11.2. The van der Waals surface area contributed by atoms with Gasteiger partial charge in [-0.25, -0.2) is 4.98 Å². The maximum atomic E-state index is 13.1. The van der Waals surface area contributed by atoms with E-state index in [9.17, 15) is 9.59 Å². The van der Waals surface area contributed by atoms with Crippen molar-refractivity contribution in [1.29, 1.82) is 0 Å². The van der Waals surface area contributed by atoms with Crippen molar-refractivity contribution >= 4 is 40.3 Å².